The van der Waals surface area contributed by atoms with E-state index in [9.17, 15) is 5.11 Å². The number of aliphatic hydroxyl groups excluding tert-OH is 1. The first-order valence-electron chi connectivity index (χ1n) is 7.86. The van der Waals surface area contributed by atoms with E-state index < -0.39 is 0 Å². The number of hydrogen-bond donors (Lipinski definition) is 2. The summed E-state index contributed by atoms with van der Waals surface area (Å²) in [6, 6.07) is 8.10. The van der Waals surface area contributed by atoms with E-state index in [1.807, 2.05) is 0 Å². The average molecular weight is 389 g/mol. The topological polar surface area (TPSA) is 62.5 Å². The molecule has 5 nitrogen and oxygen atoms in total. The molecule has 3 rings (SSSR count). The Hall–Kier alpha value is -1.92. The van der Waals surface area contributed by atoms with E-state index in [0.717, 1.165) is 15.6 Å². The highest BCUT2D eigenvalue weighted by Gasteiger charge is 2.17. The van der Waals surface area contributed by atoms with Gasteiger partial charge in [0.15, 0.2) is 5.82 Å². The Balaban J connectivity index is 1.90. The van der Waals surface area contributed by atoms with E-state index in [1.165, 1.54) is 5.56 Å². The minimum absolute atomic E-state index is 0.0244. The molecule has 6 heteroatoms. The Labute approximate surface area is 149 Å². The molecule has 3 aromatic rings. The summed E-state index contributed by atoms with van der Waals surface area (Å²) in [5, 5.41) is 17.4. The van der Waals surface area contributed by atoms with Crippen molar-refractivity contribution in [2.24, 2.45) is 0 Å². The maximum atomic E-state index is 9.84. The molecule has 0 fully saturated rings. The van der Waals surface area contributed by atoms with Crippen LogP contribution < -0.4 is 5.32 Å². The summed E-state index contributed by atoms with van der Waals surface area (Å²) in [6.45, 7) is 6.53. The van der Waals surface area contributed by atoms with Crippen LogP contribution >= 0.6 is 15.9 Å². The van der Waals surface area contributed by atoms with Crippen molar-refractivity contribution in [1.82, 2.24) is 14.6 Å². The van der Waals surface area contributed by atoms with Gasteiger partial charge in [-0.2, -0.15) is 5.10 Å². The van der Waals surface area contributed by atoms with Crippen molar-refractivity contribution < 1.29 is 5.11 Å². The zero-order valence-corrected chi connectivity index (χ0v) is 15.6. The van der Waals surface area contributed by atoms with Crippen LogP contribution in [0, 0.1) is 0 Å². The molecule has 0 spiro atoms. The van der Waals surface area contributed by atoms with E-state index in [0.29, 0.717) is 5.82 Å². The molecule has 1 unspecified atom stereocenters. The van der Waals surface area contributed by atoms with E-state index in [4.69, 9.17) is 0 Å². The highest BCUT2D eigenvalue weighted by atomic mass is 79.9. The van der Waals surface area contributed by atoms with Crippen LogP contribution in [0.25, 0.3) is 5.52 Å². The van der Waals surface area contributed by atoms with Gasteiger partial charge in [0.05, 0.1) is 23.3 Å². The van der Waals surface area contributed by atoms with Crippen molar-refractivity contribution in [2.45, 2.75) is 32.2 Å². The number of hydrogen-bond acceptors (Lipinski definition) is 4. The molecule has 2 N–H and O–H groups in total. The van der Waals surface area contributed by atoms with Crippen LogP contribution in [0.4, 0.5) is 5.82 Å². The van der Waals surface area contributed by atoms with Gasteiger partial charge in [-0.3, -0.25) is 0 Å². The van der Waals surface area contributed by atoms with Gasteiger partial charge in [-0.1, -0.05) is 45.0 Å². The van der Waals surface area contributed by atoms with Crippen LogP contribution in [-0.4, -0.2) is 26.3 Å². The molecule has 0 aliphatic rings. The van der Waals surface area contributed by atoms with Crippen molar-refractivity contribution in [1.29, 1.82) is 0 Å². The molecule has 24 heavy (non-hydrogen) atoms. The van der Waals surface area contributed by atoms with Gasteiger partial charge in [0.2, 0.25) is 0 Å². The summed E-state index contributed by atoms with van der Waals surface area (Å²) in [5.74, 6) is 0.681. The fourth-order valence-electron chi connectivity index (χ4n) is 2.63. The van der Waals surface area contributed by atoms with Crippen molar-refractivity contribution >= 4 is 27.3 Å². The van der Waals surface area contributed by atoms with Crippen LogP contribution in [0.15, 0.2) is 47.3 Å². The standard InChI is InChI=1S/C18H21BrN4O/c1-18(2,3)13-6-4-12(5-7-13)15(11-24)22-17-16-14(19)10-21-23(16)9-8-20-17/h4-10,15,24H,11H2,1-3H3,(H,20,22). The lowest BCUT2D eigenvalue weighted by molar-refractivity contribution is 0.276. The summed E-state index contributed by atoms with van der Waals surface area (Å²) < 4.78 is 2.61. The average Bonchev–Trinajstić information content (AvgIpc) is 2.94. The van der Waals surface area contributed by atoms with Gasteiger partial charge in [0.25, 0.3) is 0 Å². The molecular formula is C18H21BrN4O. The SMILES string of the molecule is CC(C)(C)c1ccc(C(CO)Nc2nccn3ncc(Br)c23)cc1. The monoisotopic (exact) mass is 388 g/mol. The summed E-state index contributed by atoms with van der Waals surface area (Å²) in [5.41, 5.74) is 3.24. The predicted octanol–water partition coefficient (Wildman–Crippen LogP) is 3.93. The Kier molecular flexibility index (Phi) is 4.60. The summed E-state index contributed by atoms with van der Waals surface area (Å²) >= 11 is 3.49. The molecule has 0 aliphatic carbocycles. The van der Waals surface area contributed by atoms with Gasteiger partial charge >= 0.3 is 0 Å². The quantitative estimate of drug-likeness (QED) is 0.710. The minimum Gasteiger partial charge on any atom is -0.394 e. The fourth-order valence-corrected chi connectivity index (χ4v) is 3.09. The van der Waals surface area contributed by atoms with Gasteiger partial charge in [-0.05, 0) is 32.5 Å². The molecule has 0 saturated heterocycles. The van der Waals surface area contributed by atoms with Gasteiger partial charge in [-0.25, -0.2) is 9.50 Å². The van der Waals surface area contributed by atoms with Crippen molar-refractivity contribution in [3.05, 3.63) is 58.5 Å². The third-order valence-corrected chi connectivity index (χ3v) is 4.64. The van der Waals surface area contributed by atoms with Crippen LogP contribution in [-0.2, 0) is 5.41 Å². The second-order valence-electron chi connectivity index (χ2n) is 6.81. The molecular weight excluding hydrogens is 368 g/mol. The lowest BCUT2D eigenvalue weighted by Gasteiger charge is -2.22. The lowest BCUT2D eigenvalue weighted by atomic mass is 9.86. The highest BCUT2D eigenvalue weighted by Crippen LogP contribution is 2.28. The molecule has 0 amide bonds. The summed E-state index contributed by atoms with van der Waals surface area (Å²) in [4.78, 5) is 4.40. The number of fused-ring (bicyclic) bond motifs is 1. The second-order valence-corrected chi connectivity index (χ2v) is 7.67. The number of aromatic nitrogens is 3. The number of nitrogens with zero attached hydrogens (tertiary/aromatic N) is 3. The van der Waals surface area contributed by atoms with Crippen molar-refractivity contribution in [2.75, 3.05) is 11.9 Å². The van der Waals surface area contributed by atoms with Crippen LogP contribution in [0.2, 0.25) is 0 Å². The molecule has 0 saturated carbocycles. The Bertz CT molecular complexity index is 836. The van der Waals surface area contributed by atoms with Crippen molar-refractivity contribution in [3.8, 4) is 0 Å². The van der Waals surface area contributed by atoms with Crippen molar-refractivity contribution in [3.63, 3.8) is 0 Å². The molecule has 0 aliphatic heterocycles. The van der Waals surface area contributed by atoms with E-state index in [1.54, 1.807) is 23.1 Å². The Morgan fingerprint density at radius 1 is 1.25 bits per heavy atom. The van der Waals surface area contributed by atoms with Gasteiger partial charge in [-0.15, -0.1) is 0 Å². The first-order valence-corrected chi connectivity index (χ1v) is 8.65. The number of aliphatic hydroxyl groups is 1. The first-order chi connectivity index (χ1) is 11.4. The first kappa shape index (κ1) is 16.9. The van der Waals surface area contributed by atoms with Gasteiger partial charge in [0.1, 0.15) is 5.52 Å². The van der Waals surface area contributed by atoms with E-state index >= 15 is 0 Å². The maximum absolute atomic E-state index is 9.84. The third-order valence-electron chi connectivity index (χ3n) is 4.06. The summed E-state index contributed by atoms with van der Waals surface area (Å²) in [6.07, 6.45) is 5.21. The molecule has 1 aromatic carbocycles. The lowest BCUT2D eigenvalue weighted by Crippen LogP contribution is -2.17. The smallest absolute Gasteiger partial charge is 0.153 e. The summed E-state index contributed by atoms with van der Waals surface area (Å²) in [7, 11) is 0. The maximum Gasteiger partial charge on any atom is 0.153 e. The molecule has 0 radical (unpaired) electrons. The Morgan fingerprint density at radius 3 is 2.58 bits per heavy atom. The van der Waals surface area contributed by atoms with Crippen LogP contribution in [0.5, 0.6) is 0 Å². The van der Waals surface area contributed by atoms with Gasteiger partial charge in [0, 0.05) is 12.4 Å². The fraction of sp³-hybridized carbons (Fsp3) is 0.333. The van der Waals surface area contributed by atoms with Crippen LogP contribution in [0.3, 0.4) is 0 Å². The van der Waals surface area contributed by atoms with Crippen LogP contribution in [0.1, 0.15) is 37.9 Å². The minimum atomic E-state index is -0.237. The number of benzene rings is 1. The molecule has 2 heterocycles. The highest BCUT2D eigenvalue weighted by molar-refractivity contribution is 9.10. The number of anilines is 1. The zero-order chi connectivity index (χ0) is 17.3. The zero-order valence-electron chi connectivity index (χ0n) is 14.0. The largest absolute Gasteiger partial charge is 0.394 e. The normalized spacial score (nSPS) is 13.2. The Morgan fingerprint density at radius 2 is 1.96 bits per heavy atom. The number of halogens is 1. The molecule has 0 bridgehead atoms. The van der Waals surface area contributed by atoms with Gasteiger partial charge < -0.3 is 10.4 Å². The second kappa shape index (κ2) is 6.53. The third kappa shape index (κ3) is 3.30. The molecule has 1 atom stereocenters. The predicted molar refractivity (Wildman–Crippen MR) is 99.3 cm³/mol. The van der Waals surface area contributed by atoms with E-state index in [2.05, 4.69) is 76.4 Å². The molecule has 2 aromatic heterocycles. The molecule has 126 valence electrons. The van der Waals surface area contributed by atoms with E-state index in [-0.39, 0.29) is 18.1 Å². The number of nitrogens with one attached hydrogen (secondary N) is 1. The number of rotatable bonds is 4.